The first-order chi connectivity index (χ1) is 14.0. The highest BCUT2D eigenvalue weighted by molar-refractivity contribution is 6.44. The van der Waals surface area contributed by atoms with Crippen LogP contribution in [0.2, 0.25) is 0 Å². The number of aryl methyl sites for hydroxylation is 1. The molecule has 0 saturated carbocycles. The van der Waals surface area contributed by atoms with Gasteiger partial charge in [0.1, 0.15) is 17.6 Å². The number of carbonyl (C=O) groups excluding carboxylic acids is 2. The number of imidazole rings is 1. The van der Waals surface area contributed by atoms with Crippen LogP contribution in [-0.4, -0.2) is 33.1 Å². The lowest BCUT2D eigenvalue weighted by molar-refractivity contribution is -0.119. The topological polar surface area (TPSA) is 106 Å². The summed E-state index contributed by atoms with van der Waals surface area (Å²) >= 11 is 0. The third-order valence-electron chi connectivity index (χ3n) is 4.72. The summed E-state index contributed by atoms with van der Waals surface area (Å²) in [5.74, 6) is -0.104. The minimum atomic E-state index is -0.697. The highest BCUT2D eigenvalue weighted by Gasteiger charge is 2.34. The molecule has 0 bridgehead atoms. The Morgan fingerprint density at radius 3 is 2.62 bits per heavy atom. The molecule has 2 heterocycles. The summed E-state index contributed by atoms with van der Waals surface area (Å²) in [7, 11) is 1.91. The molecule has 8 nitrogen and oxygen atoms in total. The molecule has 1 unspecified atom stereocenters. The number of nitrogens with zero attached hydrogens (tertiary/aromatic N) is 4. The fraction of sp³-hybridized carbons (Fsp3) is 0.143. The van der Waals surface area contributed by atoms with Crippen LogP contribution >= 0.6 is 0 Å². The van der Waals surface area contributed by atoms with Gasteiger partial charge in [0.15, 0.2) is 0 Å². The van der Waals surface area contributed by atoms with Crippen molar-refractivity contribution in [1.82, 2.24) is 9.55 Å². The van der Waals surface area contributed by atoms with Gasteiger partial charge in [-0.2, -0.15) is 5.10 Å². The quantitative estimate of drug-likeness (QED) is 0.698. The van der Waals surface area contributed by atoms with Gasteiger partial charge >= 0.3 is 0 Å². The van der Waals surface area contributed by atoms with Crippen molar-refractivity contribution in [3.05, 3.63) is 67.0 Å². The monoisotopic (exact) mass is 388 g/mol. The van der Waals surface area contributed by atoms with E-state index >= 15 is 0 Å². The van der Waals surface area contributed by atoms with Gasteiger partial charge in [0.2, 0.25) is 5.91 Å². The van der Waals surface area contributed by atoms with Gasteiger partial charge in [0.25, 0.3) is 5.91 Å². The summed E-state index contributed by atoms with van der Waals surface area (Å²) in [6.07, 6.45) is 3.72. The summed E-state index contributed by atoms with van der Waals surface area (Å²) in [6.45, 7) is 0. The van der Waals surface area contributed by atoms with E-state index < -0.39 is 11.9 Å². The molecule has 1 aliphatic rings. The number of hydrogen-bond acceptors (Lipinski definition) is 5. The summed E-state index contributed by atoms with van der Waals surface area (Å²) in [4.78, 5) is 29.0. The second-order valence-electron chi connectivity index (χ2n) is 6.75. The number of aromatic nitrogens is 2. The van der Waals surface area contributed by atoms with Crippen molar-refractivity contribution in [3.8, 4) is 11.4 Å². The number of rotatable bonds is 5. The van der Waals surface area contributed by atoms with E-state index in [9.17, 15) is 9.59 Å². The molecule has 3 N–H and O–H groups in total. The van der Waals surface area contributed by atoms with Crippen LogP contribution in [0, 0.1) is 0 Å². The molecule has 4 rings (SSSR count). The number of para-hydroxylation sites is 1. The summed E-state index contributed by atoms with van der Waals surface area (Å²) in [6, 6.07) is 15.9. The highest BCUT2D eigenvalue weighted by atomic mass is 16.2. The van der Waals surface area contributed by atoms with Crippen molar-refractivity contribution in [1.29, 1.82) is 0 Å². The predicted octanol–water partition coefficient (Wildman–Crippen LogP) is 2.15. The van der Waals surface area contributed by atoms with Crippen molar-refractivity contribution < 1.29 is 9.59 Å². The van der Waals surface area contributed by atoms with Crippen LogP contribution < -0.4 is 16.1 Å². The van der Waals surface area contributed by atoms with Crippen molar-refractivity contribution in [2.24, 2.45) is 17.9 Å². The molecule has 0 radical (unpaired) electrons. The zero-order valence-electron chi connectivity index (χ0n) is 15.8. The van der Waals surface area contributed by atoms with Crippen LogP contribution in [-0.2, 0) is 16.6 Å². The van der Waals surface area contributed by atoms with Gasteiger partial charge in [-0.25, -0.2) is 4.98 Å². The fourth-order valence-corrected chi connectivity index (χ4v) is 3.27. The summed E-state index contributed by atoms with van der Waals surface area (Å²) < 4.78 is 1.90. The Bertz CT molecular complexity index is 1090. The molecule has 1 aromatic heterocycles. The van der Waals surface area contributed by atoms with Crippen LogP contribution in [0.3, 0.4) is 0 Å². The van der Waals surface area contributed by atoms with E-state index in [0.29, 0.717) is 11.4 Å². The Hall–Kier alpha value is -3.94. The molecular formula is C21H20N6O2. The van der Waals surface area contributed by atoms with E-state index in [4.69, 9.17) is 5.73 Å². The number of anilines is 2. The molecule has 0 spiro atoms. The van der Waals surface area contributed by atoms with Crippen LogP contribution in [0.15, 0.2) is 72.1 Å². The van der Waals surface area contributed by atoms with Crippen molar-refractivity contribution >= 4 is 28.9 Å². The van der Waals surface area contributed by atoms with Crippen LogP contribution in [0.4, 0.5) is 11.4 Å². The third-order valence-corrected chi connectivity index (χ3v) is 4.72. The number of nitrogens with one attached hydrogen (secondary N) is 1. The molecule has 3 aromatic rings. The lowest BCUT2D eigenvalue weighted by Gasteiger charge is -2.20. The Balaban J connectivity index is 1.56. The van der Waals surface area contributed by atoms with Crippen molar-refractivity contribution in [3.63, 3.8) is 0 Å². The minimum Gasteiger partial charge on any atom is -0.368 e. The van der Waals surface area contributed by atoms with Gasteiger partial charge in [-0.05, 0) is 24.3 Å². The number of hydrazone groups is 1. The number of carbonyl (C=O) groups is 2. The molecule has 0 aliphatic carbocycles. The zero-order valence-corrected chi connectivity index (χ0v) is 15.8. The van der Waals surface area contributed by atoms with E-state index in [-0.39, 0.29) is 18.0 Å². The molecule has 146 valence electrons. The van der Waals surface area contributed by atoms with Crippen LogP contribution in [0.5, 0.6) is 0 Å². The van der Waals surface area contributed by atoms with Gasteiger partial charge < -0.3 is 15.6 Å². The molecule has 0 saturated heterocycles. The van der Waals surface area contributed by atoms with Crippen LogP contribution in [0.1, 0.15) is 6.42 Å². The number of primary amides is 1. The van der Waals surface area contributed by atoms with Gasteiger partial charge in [-0.15, -0.1) is 0 Å². The average Bonchev–Trinajstić information content (AvgIpc) is 3.35. The second kappa shape index (κ2) is 7.59. The number of nitrogens with two attached hydrogens (primary N) is 1. The van der Waals surface area contributed by atoms with Gasteiger partial charge in [0.05, 0.1) is 5.69 Å². The van der Waals surface area contributed by atoms with E-state index in [1.54, 1.807) is 12.3 Å². The third kappa shape index (κ3) is 3.73. The lowest BCUT2D eigenvalue weighted by atomic mass is 10.1. The fourth-order valence-electron chi connectivity index (χ4n) is 3.27. The van der Waals surface area contributed by atoms with Crippen molar-refractivity contribution in [2.75, 3.05) is 10.3 Å². The maximum atomic E-state index is 12.8. The molecule has 29 heavy (non-hydrogen) atoms. The lowest BCUT2D eigenvalue weighted by Crippen LogP contribution is -2.39. The van der Waals surface area contributed by atoms with E-state index in [2.05, 4.69) is 15.4 Å². The van der Waals surface area contributed by atoms with E-state index in [0.717, 1.165) is 11.4 Å². The zero-order chi connectivity index (χ0) is 20.4. The Kier molecular flexibility index (Phi) is 4.82. The molecule has 1 atom stereocenters. The van der Waals surface area contributed by atoms with Crippen molar-refractivity contribution in [2.45, 2.75) is 12.5 Å². The first-order valence-corrected chi connectivity index (χ1v) is 9.13. The van der Waals surface area contributed by atoms with Gasteiger partial charge in [-0.1, -0.05) is 30.3 Å². The molecule has 1 aliphatic heterocycles. The normalized spacial score (nSPS) is 15.8. The molecular weight excluding hydrogens is 368 g/mol. The highest BCUT2D eigenvalue weighted by Crippen LogP contribution is 2.25. The predicted molar refractivity (Wildman–Crippen MR) is 111 cm³/mol. The first kappa shape index (κ1) is 18.4. The number of hydrogen-bond donors (Lipinski definition) is 2. The molecule has 2 amide bonds. The first-order valence-electron chi connectivity index (χ1n) is 9.13. The summed E-state index contributed by atoms with van der Waals surface area (Å²) in [5.41, 5.74) is 7.99. The van der Waals surface area contributed by atoms with Crippen LogP contribution in [0.25, 0.3) is 11.4 Å². The Labute approximate surface area is 167 Å². The molecule has 0 fully saturated rings. The SMILES string of the molecule is Cn1ccnc1-c1cccc(NC(=O)C2=NN(c3ccccc3)C(C(N)=O)C2)c1. The Morgan fingerprint density at radius 1 is 1.14 bits per heavy atom. The summed E-state index contributed by atoms with van der Waals surface area (Å²) in [5, 5.41) is 8.72. The van der Waals surface area contributed by atoms with Gasteiger partial charge in [0, 0.05) is 37.1 Å². The van der Waals surface area contributed by atoms with Gasteiger partial charge in [-0.3, -0.25) is 14.6 Å². The number of benzene rings is 2. The van der Waals surface area contributed by atoms with E-state index in [1.807, 2.05) is 66.3 Å². The molecule has 8 heteroatoms. The molecule has 2 aromatic carbocycles. The van der Waals surface area contributed by atoms with E-state index in [1.165, 1.54) is 5.01 Å². The largest absolute Gasteiger partial charge is 0.368 e. The average molecular weight is 388 g/mol. The second-order valence-corrected chi connectivity index (χ2v) is 6.75. The smallest absolute Gasteiger partial charge is 0.271 e. The Morgan fingerprint density at radius 2 is 1.93 bits per heavy atom. The number of amides is 2. The maximum Gasteiger partial charge on any atom is 0.271 e. The minimum absolute atomic E-state index is 0.148. The maximum absolute atomic E-state index is 12.8. The standard InChI is InChI=1S/C21H20N6O2/c1-26-11-10-23-20(26)14-6-5-7-15(12-14)24-21(29)17-13-18(19(22)28)27(25-17)16-8-3-2-4-9-16/h2-12,18H,13H2,1H3,(H2,22,28)(H,24,29).